The molecule has 0 heterocycles. The number of nitrogens with two attached hydrogens (primary N) is 2. The third-order valence-corrected chi connectivity index (χ3v) is 2.02. The van der Waals surface area contributed by atoms with Crippen molar-refractivity contribution in [1.82, 2.24) is 4.72 Å². The molecule has 0 rings (SSSR count). The van der Waals surface area contributed by atoms with Crippen LogP contribution in [0.2, 0.25) is 0 Å². The molecule has 0 bridgehead atoms. The van der Waals surface area contributed by atoms with Gasteiger partial charge in [-0.05, 0) is 18.9 Å². The van der Waals surface area contributed by atoms with Gasteiger partial charge in [0.25, 0.3) is 0 Å². The van der Waals surface area contributed by atoms with Crippen molar-refractivity contribution in [3.8, 4) is 0 Å². The zero-order valence-corrected chi connectivity index (χ0v) is 8.88. The predicted molar refractivity (Wildman–Crippen MR) is 58.0 cm³/mol. The molecule has 0 fully saturated rings. The molecule has 0 saturated carbocycles. The van der Waals surface area contributed by atoms with E-state index >= 15 is 0 Å². The summed E-state index contributed by atoms with van der Waals surface area (Å²) in [6.07, 6.45) is -0.0239. The summed E-state index contributed by atoms with van der Waals surface area (Å²) >= 11 is 1.34. The van der Waals surface area contributed by atoms with E-state index in [1.165, 1.54) is 11.9 Å². The molecule has 0 aliphatic carbocycles. The molecule has 0 radical (unpaired) electrons. The second-order valence-corrected chi connectivity index (χ2v) is 3.60. The Kier molecular flexibility index (Phi) is 6.95. The Morgan fingerprint density at radius 3 is 2.86 bits per heavy atom. The smallest absolute Gasteiger partial charge is 0.305 e. The monoisotopic (exact) mass is 220 g/mol. The Bertz CT molecular complexity index is 210. The third kappa shape index (κ3) is 7.69. The van der Waals surface area contributed by atoms with Crippen molar-refractivity contribution >= 4 is 23.9 Å². The summed E-state index contributed by atoms with van der Waals surface area (Å²) in [4.78, 5) is 14.2. The molecule has 1 atom stereocenters. The molecule has 1 unspecified atom stereocenters. The Balaban J connectivity index is 3.77. The molecule has 6 N–H and O–H groups in total. The van der Waals surface area contributed by atoms with E-state index < -0.39 is 5.97 Å². The summed E-state index contributed by atoms with van der Waals surface area (Å²) in [7, 11) is 0. The van der Waals surface area contributed by atoms with Crippen LogP contribution in [0, 0.1) is 0 Å². The van der Waals surface area contributed by atoms with Gasteiger partial charge in [0.15, 0.2) is 5.96 Å². The van der Waals surface area contributed by atoms with Gasteiger partial charge >= 0.3 is 5.97 Å². The topological polar surface area (TPSA) is 114 Å². The Hall–Kier alpha value is -0.950. The van der Waals surface area contributed by atoms with Crippen molar-refractivity contribution in [2.24, 2.45) is 16.5 Å². The fourth-order valence-corrected chi connectivity index (χ4v) is 1.17. The second-order valence-electron chi connectivity index (χ2n) is 2.70. The summed E-state index contributed by atoms with van der Waals surface area (Å²) in [5.74, 6) is 0.0737. The first-order valence-electron chi connectivity index (χ1n) is 4.19. The van der Waals surface area contributed by atoms with Crippen LogP contribution in [-0.2, 0) is 4.79 Å². The van der Waals surface area contributed by atoms with Gasteiger partial charge in [0.2, 0.25) is 0 Å². The maximum atomic E-state index is 10.3. The lowest BCUT2D eigenvalue weighted by Crippen LogP contribution is -2.29. The first-order valence-corrected chi connectivity index (χ1v) is 5.17. The van der Waals surface area contributed by atoms with E-state index in [2.05, 4.69) is 9.71 Å². The maximum Gasteiger partial charge on any atom is 0.305 e. The van der Waals surface area contributed by atoms with Crippen LogP contribution in [0.3, 0.4) is 0 Å². The first kappa shape index (κ1) is 13.1. The highest BCUT2D eigenvalue weighted by atomic mass is 32.2. The van der Waals surface area contributed by atoms with E-state index in [9.17, 15) is 4.79 Å². The second kappa shape index (κ2) is 7.45. The number of guanidine groups is 1. The SMILES string of the molecule is CC(CC(=O)O)N=C(N)NSCCN. The highest BCUT2D eigenvalue weighted by Gasteiger charge is 2.05. The van der Waals surface area contributed by atoms with Crippen molar-refractivity contribution in [1.29, 1.82) is 0 Å². The number of hydrogen-bond acceptors (Lipinski definition) is 4. The lowest BCUT2D eigenvalue weighted by Gasteiger charge is -2.06. The van der Waals surface area contributed by atoms with E-state index in [0.717, 1.165) is 5.75 Å². The number of nitrogens with one attached hydrogen (secondary N) is 1. The molecule has 0 aliphatic heterocycles. The molecule has 0 spiro atoms. The van der Waals surface area contributed by atoms with Gasteiger partial charge in [-0.2, -0.15) is 0 Å². The molecule has 0 aromatic carbocycles. The fourth-order valence-electron chi connectivity index (χ4n) is 0.746. The quantitative estimate of drug-likeness (QED) is 0.205. The predicted octanol–water partition coefficient (Wildman–Crippen LogP) is -0.639. The summed E-state index contributed by atoms with van der Waals surface area (Å²) in [6.45, 7) is 2.24. The van der Waals surface area contributed by atoms with Crippen LogP contribution in [-0.4, -0.2) is 35.4 Å². The summed E-state index contributed by atoms with van der Waals surface area (Å²) in [6, 6.07) is -0.321. The summed E-state index contributed by atoms with van der Waals surface area (Å²) in [5.41, 5.74) is 10.7. The normalized spacial score (nSPS) is 13.7. The van der Waals surface area contributed by atoms with Gasteiger partial charge in [0.05, 0.1) is 12.5 Å². The van der Waals surface area contributed by atoms with Gasteiger partial charge in [-0.1, -0.05) is 0 Å². The largest absolute Gasteiger partial charge is 0.481 e. The molecule has 0 saturated heterocycles. The van der Waals surface area contributed by atoms with Gasteiger partial charge in [-0.3, -0.25) is 4.79 Å². The van der Waals surface area contributed by atoms with Gasteiger partial charge in [-0.15, -0.1) is 0 Å². The van der Waals surface area contributed by atoms with E-state index in [-0.39, 0.29) is 18.4 Å². The number of carbonyl (C=O) groups is 1. The molecule has 14 heavy (non-hydrogen) atoms. The average Bonchev–Trinajstić information content (AvgIpc) is 2.02. The van der Waals surface area contributed by atoms with E-state index in [1.807, 2.05) is 0 Å². The zero-order valence-electron chi connectivity index (χ0n) is 8.06. The number of rotatable bonds is 6. The van der Waals surface area contributed by atoms with Gasteiger partial charge in [0, 0.05) is 12.3 Å². The lowest BCUT2D eigenvalue weighted by atomic mass is 10.2. The minimum Gasteiger partial charge on any atom is -0.481 e. The molecule has 82 valence electrons. The molecule has 0 aromatic rings. The molecule has 0 aliphatic rings. The van der Waals surface area contributed by atoms with Crippen LogP contribution < -0.4 is 16.2 Å². The van der Waals surface area contributed by atoms with Crippen LogP contribution in [0.4, 0.5) is 0 Å². The average molecular weight is 220 g/mol. The molecule has 7 heteroatoms. The van der Waals surface area contributed by atoms with Crippen LogP contribution in [0.25, 0.3) is 0 Å². The molecule has 6 nitrogen and oxygen atoms in total. The number of hydrogen-bond donors (Lipinski definition) is 4. The van der Waals surface area contributed by atoms with Crippen LogP contribution in [0.1, 0.15) is 13.3 Å². The Labute approximate surface area is 87.3 Å². The van der Waals surface area contributed by atoms with Crippen molar-refractivity contribution in [2.45, 2.75) is 19.4 Å². The van der Waals surface area contributed by atoms with Crippen molar-refractivity contribution < 1.29 is 9.90 Å². The fraction of sp³-hybridized carbons (Fsp3) is 0.714. The van der Waals surface area contributed by atoms with Gasteiger partial charge < -0.3 is 21.3 Å². The Morgan fingerprint density at radius 2 is 2.36 bits per heavy atom. The minimum atomic E-state index is -0.885. The number of carboxylic acid groups (broad SMARTS) is 1. The number of carboxylic acids is 1. The van der Waals surface area contributed by atoms with Crippen molar-refractivity contribution in [3.05, 3.63) is 0 Å². The van der Waals surface area contributed by atoms with Gasteiger partial charge in [0.1, 0.15) is 0 Å². The molecular weight excluding hydrogens is 204 g/mol. The third-order valence-electron chi connectivity index (χ3n) is 1.23. The standard InChI is InChI=1S/C7H16N4O2S/c1-5(4-6(12)13)10-7(9)11-14-3-2-8/h5H,2-4,8H2,1H3,(H,12,13)(H3,9,10,11). The Morgan fingerprint density at radius 1 is 1.71 bits per heavy atom. The van der Waals surface area contributed by atoms with E-state index in [4.69, 9.17) is 16.6 Å². The van der Waals surface area contributed by atoms with E-state index in [1.54, 1.807) is 6.92 Å². The first-order chi connectivity index (χ1) is 6.56. The minimum absolute atomic E-state index is 0.0239. The molecular formula is C7H16N4O2S. The molecule has 0 amide bonds. The highest BCUT2D eigenvalue weighted by molar-refractivity contribution is 7.97. The number of aliphatic imine (C=N–C) groups is 1. The maximum absolute atomic E-state index is 10.3. The number of nitrogens with zero attached hydrogens (tertiary/aromatic N) is 1. The van der Waals surface area contributed by atoms with Gasteiger partial charge in [-0.25, -0.2) is 4.99 Å². The van der Waals surface area contributed by atoms with E-state index in [0.29, 0.717) is 6.54 Å². The summed E-state index contributed by atoms with van der Waals surface area (Å²) in [5, 5.41) is 8.46. The number of aliphatic carboxylic acids is 1. The van der Waals surface area contributed by atoms with Crippen LogP contribution in [0.15, 0.2) is 4.99 Å². The van der Waals surface area contributed by atoms with Crippen molar-refractivity contribution in [2.75, 3.05) is 12.3 Å². The lowest BCUT2D eigenvalue weighted by molar-refractivity contribution is -0.137. The van der Waals surface area contributed by atoms with Crippen molar-refractivity contribution in [3.63, 3.8) is 0 Å². The van der Waals surface area contributed by atoms with Crippen LogP contribution >= 0.6 is 11.9 Å². The highest BCUT2D eigenvalue weighted by Crippen LogP contribution is 1.97. The van der Waals surface area contributed by atoms with Crippen LogP contribution in [0.5, 0.6) is 0 Å². The zero-order chi connectivity index (χ0) is 11.0. The summed E-state index contributed by atoms with van der Waals surface area (Å²) < 4.78 is 2.76. The molecule has 0 aromatic heterocycles.